The molecule has 0 bridgehead atoms. The van der Waals surface area contributed by atoms with Crippen molar-refractivity contribution >= 4 is 40.7 Å². The lowest BCUT2D eigenvalue weighted by Crippen LogP contribution is -2.44. The van der Waals surface area contributed by atoms with Crippen LogP contribution in [0.15, 0.2) is 84.9 Å². The first-order valence-electron chi connectivity index (χ1n) is 11.5. The molecule has 36 heavy (non-hydrogen) atoms. The molecule has 178 valence electrons. The molecule has 0 N–H and O–H groups in total. The van der Waals surface area contributed by atoms with Gasteiger partial charge in [0.05, 0.1) is 18.2 Å². The molecule has 1 atom stereocenters. The Morgan fingerprint density at radius 3 is 2.19 bits per heavy atom. The average Bonchev–Trinajstić information content (AvgIpc) is 3.17. The Morgan fingerprint density at radius 1 is 0.806 bits per heavy atom. The highest BCUT2D eigenvalue weighted by Crippen LogP contribution is 2.31. The quantitative estimate of drug-likeness (QED) is 0.156. The SMILES string of the molecule is COc1cc(C=Cc2cccc3ccccc23)ccc1OC(=O)C(C)N1C(=O)c2ccccc2C1=O. The van der Waals surface area contributed by atoms with Crippen LogP contribution in [0.5, 0.6) is 11.5 Å². The van der Waals surface area contributed by atoms with Gasteiger partial charge in [0.1, 0.15) is 6.04 Å². The molecule has 0 radical (unpaired) electrons. The summed E-state index contributed by atoms with van der Waals surface area (Å²) in [6.07, 6.45) is 3.98. The normalized spacial score (nSPS) is 13.8. The largest absolute Gasteiger partial charge is 0.493 e. The van der Waals surface area contributed by atoms with E-state index < -0.39 is 23.8 Å². The summed E-state index contributed by atoms with van der Waals surface area (Å²) >= 11 is 0. The molecule has 2 amide bonds. The topological polar surface area (TPSA) is 72.9 Å². The summed E-state index contributed by atoms with van der Waals surface area (Å²) in [5.41, 5.74) is 2.49. The van der Waals surface area contributed by atoms with E-state index in [0.29, 0.717) is 5.75 Å². The lowest BCUT2D eigenvalue weighted by Gasteiger charge is -2.21. The van der Waals surface area contributed by atoms with E-state index in [1.807, 2.05) is 36.4 Å². The molecule has 0 aliphatic carbocycles. The summed E-state index contributed by atoms with van der Waals surface area (Å²) in [4.78, 5) is 39.2. The fourth-order valence-corrected chi connectivity index (χ4v) is 4.31. The summed E-state index contributed by atoms with van der Waals surface area (Å²) in [7, 11) is 1.48. The Bertz CT molecular complexity index is 1500. The van der Waals surface area contributed by atoms with Gasteiger partial charge < -0.3 is 9.47 Å². The molecular formula is C30H23NO5. The van der Waals surface area contributed by atoms with Crippen molar-refractivity contribution < 1.29 is 23.9 Å². The Morgan fingerprint density at radius 2 is 1.47 bits per heavy atom. The van der Waals surface area contributed by atoms with Crippen molar-refractivity contribution in [2.75, 3.05) is 7.11 Å². The second-order valence-electron chi connectivity index (χ2n) is 8.43. The number of esters is 1. The van der Waals surface area contributed by atoms with Gasteiger partial charge in [-0.1, -0.05) is 72.8 Å². The van der Waals surface area contributed by atoms with Gasteiger partial charge in [0, 0.05) is 0 Å². The Hall–Kier alpha value is -4.71. The molecule has 0 aromatic heterocycles. The zero-order valence-electron chi connectivity index (χ0n) is 19.8. The second kappa shape index (κ2) is 9.50. The highest BCUT2D eigenvalue weighted by molar-refractivity contribution is 6.22. The lowest BCUT2D eigenvalue weighted by atomic mass is 10.0. The number of nitrogens with zero attached hydrogens (tertiary/aromatic N) is 1. The highest BCUT2D eigenvalue weighted by atomic mass is 16.6. The van der Waals surface area contributed by atoms with Crippen molar-refractivity contribution in [1.29, 1.82) is 0 Å². The molecule has 0 saturated carbocycles. The van der Waals surface area contributed by atoms with E-state index >= 15 is 0 Å². The predicted octanol–water partition coefficient (Wildman–Crippen LogP) is 5.61. The molecule has 0 spiro atoms. The smallest absolute Gasteiger partial charge is 0.334 e. The summed E-state index contributed by atoms with van der Waals surface area (Å²) in [5, 5.41) is 2.31. The number of fused-ring (bicyclic) bond motifs is 2. The van der Waals surface area contributed by atoms with Gasteiger partial charge in [-0.3, -0.25) is 14.5 Å². The van der Waals surface area contributed by atoms with Crippen LogP contribution in [0.2, 0.25) is 0 Å². The van der Waals surface area contributed by atoms with Crippen LogP contribution in [0.1, 0.15) is 38.8 Å². The van der Waals surface area contributed by atoms with E-state index in [-0.39, 0.29) is 16.9 Å². The van der Waals surface area contributed by atoms with Crippen molar-refractivity contribution in [2.45, 2.75) is 13.0 Å². The summed E-state index contributed by atoms with van der Waals surface area (Å²) in [6.45, 7) is 1.47. The standard InChI is InChI=1S/C30H23NO5/c1-19(31-28(32)24-12-5-6-13-25(24)29(31)33)30(34)36-26-17-15-20(18-27(26)35-2)14-16-22-10-7-9-21-8-3-4-11-23(21)22/h3-19H,1-2H3. The number of amides is 2. The van der Waals surface area contributed by atoms with Crippen molar-refractivity contribution in [1.82, 2.24) is 4.90 Å². The maximum absolute atomic E-state index is 12.9. The molecule has 0 fully saturated rings. The van der Waals surface area contributed by atoms with Crippen LogP contribution in [0.4, 0.5) is 0 Å². The van der Waals surface area contributed by atoms with Crippen LogP contribution >= 0.6 is 0 Å². The van der Waals surface area contributed by atoms with Gasteiger partial charge in [0.25, 0.3) is 11.8 Å². The fraction of sp³-hybridized carbons (Fsp3) is 0.100. The number of carbonyl (C=O) groups is 3. The van der Waals surface area contributed by atoms with Crippen LogP contribution in [0.25, 0.3) is 22.9 Å². The van der Waals surface area contributed by atoms with E-state index in [1.165, 1.54) is 14.0 Å². The predicted molar refractivity (Wildman–Crippen MR) is 138 cm³/mol. The maximum atomic E-state index is 12.9. The van der Waals surface area contributed by atoms with Crippen molar-refractivity contribution in [2.24, 2.45) is 0 Å². The first-order chi connectivity index (χ1) is 17.5. The molecule has 1 aliphatic heterocycles. The third-order valence-electron chi connectivity index (χ3n) is 6.23. The molecule has 1 unspecified atom stereocenters. The van der Waals surface area contributed by atoms with Crippen molar-refractivity contribution in [3.8, 4) is 11.5 Å². The molecule has 4 aromatic carbocycles. The van der Waals surface area contributed by atoms with Gasteiger partial charge in [-0.15, -0.1) is 0 Å². The van der Waals surface area contributed by atoms with Crippen LogP contribution in [-0.4, -0.2) is 35.8 Å². The number of imide groups is 1. The average molecular weight is 478 g/mol. The lowest BCUT2D eigenvalue weighted by molar-refractivity contribution is -0.138. The third-order valence-corrected chi connectivity index (χ3v) is 6.23. The van der Waals surface area contributed by atoms with Gasteiger partial charge in [0.2, 0.25) is 0 Å². The van der Waals surface area contributed by atoms with E-state index in [9.17, 15) is 14.4 Å². The van der Waals surface area contributed by atoms with E-state index in [4.69, 9.17) is 9.47 Å². The van der Waals surface area contributed by atoms with Gasteiger partial charge in [-0.05, 0) is 53.1 Å². The van der Waals surface area contributed by atoms with Crippen molar-refractivity contribution in [3.05, 3.63) is 107 Å². The summed E-state index contributed by atoms with van der Waals surface area (Å²) in [6, 6.07) is 24.9. The first kappa shape index (κ1) is 23.1. The Labute approximate surface area is 208 Å². The number of hydrogen-bond donors (Lipinski definition) is 0. The maximum Gasteiger partial charge on any atom is 0.334 e. The van der Waals surface area contributed by atoms with Crippen LogP contribution < -0.4 is 9.47 Å². The second-order valence-corrected chi connectivity index (χ2v) is 8.43. The number of carbonyl (C=O) groups excluding carboxylic acids is 3. The van der Waals surface area contributed by atoms with Gasteiger partial charge in [-0.2, -0.15) is 0 Å². The number of methoxy groups -OCH3 is 1. The number of benzene rings is 4. The summed E-state index contributed by atoms with van der Waals surface area (Å²) < 4.78 is 11.0. The van der Waals surface area contributed by atoms with E-state index in [0.717, 1.165) is 26.8 Å². The molecule has 1 aliphatic rings. The minimum absolute atomic E-state index is 0.202. The van der Waals surface area contributed by atoms with Crippen LogP contribution in [0.3, 0.4) is 0 Å². The zero-order valence-corrected chi connectivity index (χ0v) is 19.8. The Balaban J connectivity index is 1.34. The monoisotopic (exact) mass is 477 g/mol. The third kappa shape index (κ3) is 4.14. The molecule has 1 heterocycles. The molecule has 0 saturated heterocycles. The van der Waals surface area contributed by atoms with E-state index in [1.54, 1.807) is 42.5 Å². The minimum Gasteiger partial charge on any atom is -0.493 e. The van der Waals surface area contributed by atoms with E-state index in [2.05, 4.69) is 18.2 Å². The molecule has 6 nitrogen and oxygen atoms in total. The summed E-state index contributed by atoms with van der Waals surface area (Å²) in [5.74, 6) is -1.20. The number of rotatable bonds is 6. The van der Waals surface area contributed by atoms with Gasteiger partial charge >= 0.3 is 5.97 Å². The molecular weight excluding hydrogens is 454 g/mol. The highest BCUT2D eigenvalue weighted by Gasteiger charge is 2.41. The zero-order chi connectivity index (χ0) is 25.2. The number of hydrogen-bond acceptors (Lipinski definition) is 5. The van der Waals surface area contributed by atoms with Crippen LogP contribution in [0, 0.1) is 0 Å². The first-order valence-corrected chi connectivity index (χ1v) is 11.5. The van der Waals surface area contributed by atoms with Gasteiger partial charge in [0.15, 0.2) is 11.5 Å². The molecule has 5 rings (SSSR count). The van der Waals surface area contributed by atoms with Crippen LogP contribution in [-0.2, 0) is 4.79 Å². The van der Waals surface area contributed by atoms with Crippen molar-refractivity contribution in [3.63, 3.8) is 0 Å². The number of ether oxygens (including phenoxy) is 2. The minimum atomic E-state index is -1.10. The van der Waals surface area contributed by atoms with Gasteiger partial charge in [-0.25, -0.2) is 4.79 Å². The fourth-order valence-electron chi connectivity index (χ4n) is 4.31. The molecule has 4 aromatic rings. The Kier molecular flexibility index (Phi) is 6.09. The molecule has 6 heteroatoms.